The molecule has 11 heteroatoms. The van der Waals surface area contributed by atoms with Gasteiger partial charge >= 0.3 is 12.1 Å². The summed E-state index contributed by atoms with van der Waals surface area (Å²) in [5.41, 5.74) is -0.265. The topological polar surface area (TPSA) is 93.4 Å². The van der Waals surface area contributed by atoms with E-state index < -0.39 is 41.9 Å². The number of hydrogen-bond donors (Lipinski definition) is 2. The number of carboxylic acid groups (broad SMARTS) is 1. The summed E-state index contributed by atoms with van der Waals surface area (Å²) in [4.78, 5) is 28.5. The molecule has 0 fully saturated rings. The van der Waals surface area contributed by atoms with Gasteiger partial charge in [-0.05, 0) is 24.6 Å². The molecule has 0 aliphatic carbocycles. The number of carbonyl (C=O) groups is 2. The van der Waals surface area contributed by atoms with Gasteiger partial charge in [0.1, 0.15) is 11.5 Å². The maximum absolute atomic E-state index is 13.9. The number of anilines is 1. The number of halogens is 4. The summed E-state index contributed by atoms with van der Waals surface area (Å²) in [5, 5.41) is 11.9. The second-order valence-electron chi connectivity index (χ2n) is 6.59. The van der Waals surface area contributed by atoms with Crippen LogP contribution < -0.4 is 10.1 Å². The molecule has 2 aromatic heterocycles. The van der Waals surface area contributed by atoms with E-state index in [0.717, 1.165) is 10.6 Å². The molecule has 0 saturated carbocycles. The Morgan fingerprint density at radius 3 is 2.52 bits per heavy atom. The maximum atomic E-state index is 13.9. The van der Waals surface area contributed by atoms with Crippen molar-refractivity contribution in [3.05, 3.63) is 53.1 Å². The van der Waals surface area contributed by atoms with E-state index in [1.807, 2.05) is 0 Å². The molecule has 0 bridgehead atoms. The van der Waals surface area contributed by atoms with Crippen LogP contribution in [0.3, 0.4) is 0 Å². The van der Waals surface area contributed by atoms with Crippen LogP contribution in [0, 0.1) is 5.82 Å². The van der Waals surface area contributed by atoms with Crippen LogP contribution in [0.2, 0.25) is 0 Å². The Kier molecular flexibility index (Phi) is 5.87. The zero-order chi connectivity index (χ0) is 22.9. The van der Waals surface area contributed by atoms with E-state index in [9.17, 15) is 32.3 Å². The average Bonchev–Trinajstić information content (AvgIpc) is 2.96. The molecule has 2 heterocycles. The Bertz CT molecular complexity index is 1170. The molecular formula is C20H17F4N3O4. The van der Waals surface area contributed by atoms with E-state index in [1.54, 1.807) is 6.92 Å². The molecule has 0 saturated heterocycles. The zero-order valence-electron chi connectivity index (χ0n) is 16.4. The number of fused-ring (bicyclic) bond motifs is 1. The normalized spacial score (nSPS) is 11.5. The first kappa shape index (κ1) is 22.1. The van der Waals surface area contributed by atoms with E-state index >= 15 is 0 Å². The molecule has 0 radical (unpaired) electrons. The van der Waals surface area contributed by atoms with E-state index in [-0.39, 0.29) is 22.3 Å². The lowest BCUT2D eigenvalue weighted by molar-refractivity contribution is -0.153. The van der Waals surface area contributed by atoms with E-state index in [1.165, 1.54) is 31.3 Å². The summed E-state index contributed by atoms with van der Waals surface area (Å²) in [6.07, 6.45) is -4.40. The fourth-order valence-electron chi connectivity index (χ4n) is 3.10. The number of nitrogens with zero attached hydrogens (tertiary/aromatic N) is 2. The number of nitrogens with one attached hydrogen (secondary N) is 1. The highest BCUT2D eigenvalue weighted by atomic mass is 19.4. The smallest absolute Gasteiger partial charge is 0.422 e. The summed E-state index contributed by atoms with van der Waals surface area (Å²) in [6, 6.07) is 6.54. The van der Waals surface area contributed by atoms with Gasteiger partial charge in [-0.3, -0.25) is 4.79 Å². The van der Waals surface area contributed by atoms with Crippen LogP contribution in [-0.4, -0.2) is 39.3 Å². The van der Waals surface area contributed by atoms with Crippen molar-refractivity contribution in [3.8, 4) is 5.75 Å². The first-order chi connectivity index (χ1) is 14.5. The number of aromatic nitrogens is 2. The lowest BCUT2D eigenvalue weighted by atomic mass is 10.1. The third-order valence-electron chi connectivity index (χ3n) is 4.48. The molecule has 0 aliphatic heterocycles. The number of alkyl halides is 3. The highest BCUT2D eigenvalue weighted by Gasteiger charge is 2.32. The monoisotopic (exact) mass is 439 g/mol. The van der Waals surface area contributed by atoms with Crippen LogP contribution >= 0.6 is 0 Å². The van der Waals surface area contributed by atoms with Crippen molar-refractivity contribution >= 4 is 28.6 Å². The van der Waals surface area contributed by atoms with Gasteiger partial charge in [0, 0.05) is 7.05 Å². The number of benzene rings is 1. The summed E-state index contributed by atoms with van der Waals surface area (Å²) in [5.74, 6) is -3.58. The van der Waals surface area contributed by atoms with Crippen molar-refractivity contribution in [2.24, 2.45) is 7.05 Å². The minimum atomic E-state index is -4.70. The molecule has 0 spiro atoms. The van der Waals surface area contributed by atoms with Crippen LogP contribution in [0.15, 0.2) is 30.3 Å². The summed E-state index contributed by atoms with van der Waals surface area (Å²) < 4.78 is 57.9. The molecular weight excluding hydrogens is 422 g/mol. The first-order valence-electron chi connectivity index (χ1n) is 9.04. The molecule has 0 atom stereocenters. The molecule has 3 aromatic rings. The number of hydrogen-bond acceptors (Lipinski definition) is 4. The van der Waals surface area contributed by atoms with Gasteiger partial charge in [-0.15, -0.1) is 0 Å². The standard InChI is InChI=1S/C20H17F4N3O4/c1-3-13-14(26-18(28)10-6-4-5-7-12(10)21)8-11-16(31-9-20(22,23)24)15(19(29)30)27(2)17(11)25-13/h4-8H,3,9H2,1-2H3,(H,26,28)(H,29,30). The predicted molar refractivity (Wildman–Crippen MR) is 103 cm³/mol. The zero-order valence-corrected chi connectivity index (χ0v) is 16.4. The van der Waals surface area contributed by atoms with Gasteiger partial charge in [-0.2, -0.15) is 13.2 Å². The average molecular weight is 439 g/mol. The molecule has 31 heavy (non-hydrogen) atoms. The molecule has 1 amide bonds. The van der Waals surface area contributed by atoms with E-state index in [2.05, 4.69) is 10.3 Å². The molecule has 0 aliphatic rings. The predicted octanol–water partition coefficient (Wildman–Crippen LogP) is 4.17. The first-order valence-corrected chi connectivity index (χ1v) is 9.04. The highest BCUT2D eigenvalue weighted by molar-refractivity contribution is 6.06. The summed E-state index contributed by atoms with van der Waals surface area (Å²) in [6.45, 7) is 0.00781. The second-order valence-corrected chi connectivity index (χ2v) is 6.59. The number of amides is 1. The van der Waals surface area contributed by atoms with Gasteiger partial charge in [-0.1, -0.05) is 19.1 Å². The van der Waals surface area contributed by atoms with Gasteiger partial charge in [0.25, 0.3) is 5.91 Å². The molecule has 164 valence electrons. The third kappa shape index (κ3) is 4.44. The van der Waals surface area contributed by atoms with Crippen LogP contribution in [0.25, 0.3) is 11.0 Å². The minimum Gasteiger partial charge on any atom is -0.481 e. The molecule has 7 nitrogen and oxygen atoms in total. The van der Waals surface area contributed by atoms with Crippen molar-refractivity contribution in [2.75, 3.05) is 11.9 Å². The van der Waals surface area contributed by atoms with Crippen LogP contribution in [0.4, 0.5) is 23.2 Å². The van der Waals surface area contributed by atoms with Crippen LogP contribution in [0.1, 0.15) is 33.5 Å². The second kappa shape index (κ2) is 8.25. The Balaban J connectivity index is 2.13. The van der Waals surface area contributed by atoms with Crippen LogP contribution in [0.5, 0.6) is 5.75 Å². The number of aryl methyl sites for hydroxylation is 2. The van der Waals surface area contributed by atoms with Crippen molar-refractivity contribution < 1.29 is 37.0 Å². The number of pyridine rings is 1. The fraction of sp³-hybridized carbons (Fsp3) is 0.250. The lowest BCUT2D eigenvalue weighted by Crippen LogP contribution is -2.20. The number of aromatic carboxylic acids is 1. The molecule has 2 N–H and O–H groups in total. The number of carboxylic acids is 1. The van der Waals surface area contributed by atoms with Crippen molar-refractivity contribution in [1.82, 2.24) is 9.55 Å². The Morgan fingerprint density at radius 1 is 1.26 bits per heavy atom. The van der Waals surface area contributed by atoms with E-state index in [0.29, 0.717) is 12.1 Å². The SMILES string of the molecule is CCc1nc2c(cc1NC(=O)c1ccccc1F)c(OCC(F)(F)F)c(C(=O)O)n2C. The summed E-state index contributed by atoms with van der Waals surface area (Å²) in [7, 11) is 1.33. The van der Waals surface area contributed by atoms with Gasteiger partial charge in [0.05, 0.1) is 22.3 Å². The maximum Gasteiger partial charge on any atom is 0.422 e. The van der Waals surface area contributed by atoms with Crippen molar-refractivity contribution in [1.29, 1.82) is 0 Å². The Morgan fingerprint density at radius 2 is 1.94 bits per heavy atom. The Labute approximate surface area is 173 Å². The fourth-order valence-corrected chi connectivity index (χ4v) is 3.10. The quantitative estimate of drug-likeness (QED) is 0.563. The van der Waals surface area contributed by atoms with E-state index in [4.69, 9.17) is 4.74 Å². The van der Waals surface area contributed by atoms with Gasteiger partial charge in [0.2, 0.25) is 0 Å². The minimum absolute atomic E-state index is 0.0369. The molecule has 3 rings (SSSR count). The lowest BCUT2D eigenvalue weighted by Gasteiger charge is -2.12. The third-order valence-corrected chi connectivity index (χ3v) is 4.48. The summed E-state index contributed by atoms with van der Waals surface area (Å²) >= 11 is 0. The number of carbonyl (C=O) groups excluding carboxylic acids is 1. The number of rotatable bonds is 6. The van der Waals surface area contributed by atoms with Crippen molar-refractivity contribution in [2.45, 2.75) is 19.5 Å². The molecule has 0 unspecified atom stereocenters. The van der Waals surface area contributed by atoms with Crippen molar-refractivity contribution in [3.63, 3.8) is 0 Å². The molecule has 1 aromatic carbocycles. The van der Waals surface area contributed by atoms with Gasteiger partial charge < -0.3 is 19.7 Å². The van der Waals surface area contributed by atoms with Gasteiger partial charge in [-0.25, -0.2) is 14.2 Å². The highest BCUT2D eigenvalue weighted by Crippen LogP contribution is 2.36. The Hall–Kier alpha value is -3.63. The largest absolute Gasteiger partial charge is 0.481 e. The van der Waals surface area contributed by atoms with Crippen LogP contribution in [-0.2, 0) is 13.5 Å². The number of ether oxygens (including phenoxy) is 1. The van der Waals surface area contributed by atoms with Gasteiger partial charge in [0.15, 0.2) is 18.1 Å².